The summed E-state index contributed by atoms with van der Waals surface area (Å²) in [6, 6.07) is 17.4. The summed E-state index contributed by atoms with van der Waals surface area (Å²) in [5, 5.41) is 31.2. The van der Waals surface area contributed by atoms with Gasteiger partial charge >= 0.3 is 23.9 Å². The maximum Gasteiger partial charge on any atom is 0.328 e. The lowest BCUT2D eigenvalue weighted by Gasteiger charge is -2.45. The standard InChI is InChI=1S/C28H32N4O.2C4H4O4/c33-27-28(32-19-6-5-12-26(32)29-27)15-20-30(21-16-28)17-7-18-31-24-10-3-1-8-22(24)13-14-23-9-2-4-11-25(23)31;2*5-3(6)1-2-4(7)8/h1-4,8-11,13-14H,5-7,12,15-21H2;2*1-2H,(H,5,6)(H,7,8). The van der Waals surface area contributed by atoms with Gasteiger partial charge in [-0.1, -0.05) is 48.6 Å². The molecule has 0 bridgehead atoms. The third-order valence-electron chi connectivity index (χ3n) is 8.66. The molecule has 2 aromatic rings. The predicted octanol–water partition coefficient (Wildman–Crippen LogP) is 4.38. The molecule has 0 unspecified atom stereocenters. The van der Waals surface area contributed by atoms with Crippen molar-refractivity contribution < 1.29 is 44.4 Å². The van der Waals surface area contributed by atoms with Crippen LogP contribution in [-0.2, 0) is 24.0 Å². The van der Waals surface area contributed by atoms with E-state index >= 15 is 0 Å². The Hall–Kier alpha value is -5.56. The summed E-state index contributed by atoms with van der Waals surface area (Å²) in [5.74, 6) is -3.84. The van der Waals surface area contributed by atoms with Crippen LogP contribution in [-0.4, -0.2) is 104 Å². The highest BCUT2D eigenvalue weighted by Gasteiger charge is 2.51. The minimum Gasteiger partial charge on any atom is -0.478 e. The number of rotatable bonds is 8. The van der Waals surface area contributed by atoms with E-state index in [-0.39, 0.29) is 11.4 Å². The number of carbonyl (C=O) groups is 5. The number of carboxylic acids is 4. The first-order chi connectivity index (χ1) is 23.5. The van der Waals surface area contributed by atoms with Crippen molar-refractivity contribution in [1.82, 2.24) is 9.80 Å². The second-order valence-electron chi connectivity index (χ2n) is 11.8. The summed E-state index contributed by atoms with van der Waals surface area (Å²) in [6.45, 7) is 5.02. The van der Waals surface area contributed by atoms with Crippen LogP contribution in [0.1, 0.15) is 49.7 Å². The van der Waals surface area contributed by atoms with Crippen LogP contribution < -0.4 is 4.90 Å². The van der Waals surface area contributed by atoms with Crippen LogP contribution in [0, 0.1) is 0 Å². The number of benzene rings is 2. The molecule has 4 heterocycles. The first kappa shape index (κ1) is 36.3. The number of piperidine rings is 2. The zero-order valence-corrected chi connectivity index (χ0v) is 27.0. The minimum atomic E-state index is -1.26. The summed E-state index contributed by atoms with van der Waals surface area (Å²) in [5.41, 5.74) is 4.77. The van der Waals surface area contributed by atoms with Gasteiger partial charge in [0, 0.05) is 68.3 Å². The van der Waals surface area contributed by atoms with Crippen LogP contribution in [0.4, 0.5) is 11.4 Å². The van der Waals surface area contributed by atoms with Crippen molar-refractivity contribution in [2.45, 2.75) is 44.1 Å². The van der Waals surface area contributed by atoms with Gasteiger partial charge in [-0.2, -0.15) is 4.99 Å². The second kappa shape index (κ2) is 17.0. The largest absolute Gasteiger partial charge is 0.478 e. The average molecular weight is 673 g/mol. The SMILES string of the molecule is O=C(O)C=CC(=O)O.O=C(O)C=CC(=O)O.O=C1N=C2CCCCN2C12CCN(CCCN1c3ccccc3C=Cc3ccccc31)CC2. The normalized spacial score (nSPS) is 17.6. The van der Waals surface area contributed by atoms with E-state index in [1.54, 1.807) is 0 Å². The molecule has 258 valence electrons. The highest BCUT2D eigenvalue weighted by atomic mass is 16.4. The topological polar surface area (TPSA) is 188 Å². The molecule has 2 aromatic carbocycles. The summed E-state index contributed by atoms with van der Waals surface area (Å²) >= 11 is 0. The number of anilines is 2. The third kappa shape index (κ3) is 9.73. The average Bonchev–Trinajstić information content (AvgIpc) is 3.25. The molecule has 6 rings (SSSR count). The van der Waals surface area contributed by atoms with E-state index in [1.807, 2.05) is 0 Å². The van der Waals surface area contributed by atoms with E-state index in [4.69, 9.17) is 20.4 Å². The fourth-order valence-corrected chi connectivity index (χ4v) is 6.40. The molecule has 4 aliphatic rings. The third-order valence-corrected chi connectivity index (χ3v) is 8.66. The van der Waals surface area contributed by atoms with Crippen molar-refractivity contribution in [2.75, 3.05) is 37.6 Å². The highest BCUT2D eigenvalue weighted by Crippen LogP contribution is 2.39. The van der Waals surface area contributed by atoms with Gasteiger partial charge in [0.05, 0.1) is 0 Å². The zero-order valence-electron chi connectivity index (χ0n) is 27.0. The Balaban J connectivity index is 0.000000283. The second-order valence-corrected chi connectivity index (χ2v) is 11.8. The first-order valence-corrected chi connectivity index (χ1v) is 16.0. The fourth-order valence-electron chi connectivity index (χ4n) is 6.40. The van der Waals surface area contributed by atoms with Crippen molar-refractivity contribution >= 4 is 59.1 Å². The summed E-state index contributed by atoms with van der Waals surface area (Å²) < 4.78 is 0. The molecule has 1 amide bonds. The van der Waals surface area contributed by atoms with Crippen LogP contribution in [0.3, 0.4) is 0 Å². The quantitative estimate of drug-likeness (QED) is 0.290. The molecule has 0 saturated carbocycles. The molecule has 49 heavy (non-hydrogen) atoms. The van der Waals surface area contributed by atoms with E-state index in [2.05, 4.69) is 80.4 Å². The molecule has 0 aliphatic carbocycles. The van der Waals surface area contributed by atoms with Gasteiger partial charge in [0.25, 0.3) is 5.91 Å². The number of amidine groups is 1. The van der Waals surface area contributed by atoms with Gasteiger partial charge in [-0.15, -0.1) is 0 Å². The Bertz CT molecular complexity index is 1560. The van der Waals surface area contributed by atoms with Gasteiger partial charge in [0.15, 0.2) is 0 Å². The smallest absolute Gasteiger partial charge is 0.328 e. The Morgan fingerprint density at radius 2 is 1.18 bits per heavy atom. The van der Waals surface area contributed by atoms with Gasteiger partial charge in [-0.25, -0.2) is 19.2 Å². The number of aliphatic imine (C=N–C) groups is 1. The van der Waals surface area contributed by atoms with E-state index < -0.39 is 23.9 Å². The van der Waals surface area contributed by atoms with E-state index in [1.165, 1.54) is 35.3 Å². The van der Waals surface area contributed by atoms with E-state index in [0.717, 1.165) is 64.2 Å². The maximum atomic E-state index is 12.9. The lowest BCUT2D eigenvalue weighted by Crippen LogP contribution is -2.58. The molecule has 2 saturated heterocycles. The van der Waals surface area contributed by atoms with Gasteiger partial charge in [-0.3, -0.25) is 4.79 Å². The van der Waals surface area contributed by atoms with E-state index in [9.17, 15) is 24.0 Å². The summed E-state index contributed by atoms with van der Waals surface area (Å²) in [6.07, 6.45) is 12.9. The fraction of sp³-hybridized carbons (Fsp3) is 0.333. The Kier molecular flexibility index (Phi) is 12.6. The molecular formula is C36H40N4O9. The number of nitrogens with zero attached hydrogens (tertiary/aromatic N) is 4. The Morgan fingerprint density at radius 1 is 0.694 bits per heavy atom. The zero-order chi connectivity index (χ0) is 35.4. The molecule has 1 spiro atoms. The number of hydrogen-bond donors (Lipinski definition) is 4. The minimum absolute atomic E-state index is 0.129. The van der Waals surface area contributed by atoms with Crippen LogP contribution in [0.25, 0.3) is 12.2 Å². The van der Waals surface area contributed by atoms with Crippen molar-refractivity contribution in [3.05, 3.63) is 84.0 Å². The number of carboxylic acid groups (broad SMARTS) is 4. The van der Waals surface area contributed by atoms with Gasteiger partial charge < -0.3 is 35.1 Å². The molecule has 13 nitrogen and oxygen atoms in total. The number of likely N-dealkylation sites (tertiary alicyclic amines) is 1. The summed E-state index contributed by atoms with van der Waals surface area (Å²) in [7, 11) is 0. The number of fused-ring (bicyclic) bond motifs is 4. The Labute approximate surface area is 283 Å². The van der Waals surface area contributed by atoms with Crippen LogP contribution in [0.2, 0.25) is 0 Å². The van der Waals surface area contributed by atoms with Gasteiger partial charge in [-0.05, 0) is 61.9 Å². The monoisotopic (exact) mass is 672 g/mol. The Morgan fingerprint density at radius 3 is 1.67 bits per heavy atom. The molecule has 2 fully saturated rings. The molecular weight excluding hydrogens is 632 g/mol. The number of hydrogen-bond acceptors (Lipinski definition) is 8. The van der Waals surface area contributed by atoms with Crippen LogP contribution in [0.5, 0.6) is 0 Å². The molecule has 0 radical (unpaired) electrons. The van der Waals surface area contributed by atoms with Crippen LogP contribution in [0.15, 0.2) is 77.8 Å². The van der Waals surface area contributed by atoms with Gasteiger partial charge in [0.1, 0.15) is 11.4 Å². The molecule has 4 N–H and O–H groups in total. The van der Waals surface area contributed by atoms with Crippen molar-refractivity contribution in [2.24, 2.45) is 4.99 Å². The van der Waals surface area contributed by atoms with E-state index in [0.29, 0.717) is 24.3 Å². The van der Waals surface area contributed by atoms with Gasteiger partial charge in [0.2, 0.25) is 0 Å². The number of para-hydroxylation sites is 2. The lowest BCUT2D eigenvalue weighted by atomic mass is 9.84. The number of amides is 1. The number of carbonyl (C=O) groups excluding carboxylic acids is 1. The predicted molar refractivity (Wildman–Crippen MR) is 184 cm³/mol. The van der Waals surface area contributed by atoms with Crippen molar-refractivity contribution in [3.63, 3.8) is 0 Å². The highest BCUT2D eigenvalue weighted by molar-refractivity contribution is 6.06. The summed E-state index contributed by atoms with van der Waals surface area (Å²) in [4.78, 5) is 62.9. The molecule has 0 aromatic heterocycles. The first-order valence-electron chi connectivity index (χ1n) is 16.0. The number of aliphatic carboxylic acids is 4. The van der Waals surface area contributed by atoms with Crippen molar-refractivity contribution in [1.29, 1.82) is 0 Å². The lowest BCUT2D eigenvalue weighted by molar-refractivity contribution is -0.134. The molecule has 0 atom stereocenters. The maximum absolute atomic E-state index is 12.9. The molecule has 4 aliphatic heterocycles. The van der Waals surface area contributed by atoms with Crippen LogP contribution >= 0.6 is 0 Å². The van der Waals surface area contributed by atoms with Crippen molar-refractivity contribution in [3.8, 4) is 0 Å². The molecule has 13 heteroatoms.